The second-order valence-corrected chi connectivity index (χ2v) is 6.25. The number of ether oxygens (including phenoxy) is 1. The number of sulfonamides is 1. The van der Waals surface area contributed by atoms with E-state index in [0.717, 1.165) is 24.3 Å². The molecular weight excluding hydrogens is 349 g/mol. The van der Waals surface area contributed by atoms with Crippen LogP contribution in [0, 0.1) is 0 Å². The molecule has 2 aromatic rings. The first-order valence-corrected chi connectivity index (χ1v) is 7.85. The Kier molecular flexibility index (Phi) is 4.54. The molecule has 0 aliphatic carbocycles. The summed E-state index contributed by atoms with van der Waals surface area (Å²) in [6.45, 7) is 0. The normalized spacial score (nSPS) is 12.0. The highest BCUT2D eigenvalue weighted by atomic mass is 32.2. The molecule has 0 aliphatic heterocycles. The van der Waals surface area contributed by atoms with Gasteiger partial charge in [-0.2, -0.15) is 0 Å². The molecule has 0 bridgehead atoms. The van der Waals surface area contributed by atoms with Crippen LogP contribution in [-0.2, 0) is 10.0 Å². The maximum Gasteiger partial charge on any atom is 0.573 e. The van der Waals surface area contributed by atoms with Crippen molar-refractivity contribution < 1.29 is 31.1 Å². The smallest absolute Gasteiger partial charge is 0.406 e. The van der Waals surface area contributed by atoms with Crippen LogP contribution in [0.3, 0.4) is 0 Å². The molecule has 10 heteroatoms. The van der Waals surface area contributed by atoms with Crippen LogP contribution in [0.15, 0.2) is 47.4 Å². The van der Waals surface area contributed by atoms with Crippen molar-refractivity contribution in [3.63, 3.8) is 0 Å². The van der Waals surface area contributed by atoms with Crippen molar-refractivity contribution in [2.75, 3.05) is 0 Å². The molecule has 0 saturated heterocycles. The third-order valence-electron chi connectivity index (χ3n) is 2.96. The van der Waals surface area contributed by atoms with Gasteiger partial charge < -0.3 is 10.5 Å². The van der Waals surface area contributed by atoms with Crippen LogP contribution in [-0.4, -0.2) is 20.7 Å². The fourth-order valence-electron chi connectivity index (χ4n) is 2.01. The number of primary amides is 1. The van der Waals surface area contributed by atoms with E-state index in [2.05, 4.69) is 4.74 Å². The molecule has 6 nitrogen and oxygen atoms in total. The number of rotatable bonds is 4. The lowest BCUT2D eigenvalue weighted by atomic mass is 9.99. The predicted molar refractivity (Wildman–Crippen MR) is 78.5 cm³/mol. The average Bonchev–Trinajstić information content (AvgIpc) is 2.44. The fraction of sp³-hybridized carbons (Fsp3) is 0.0714. The molecule has 0 aliphatic rings. The number of alkyl halides is 3. The molecular formula is C14H11F3N2O4S. The van der Waals surface area contributed by atoms with Gasteiger partial charge in [0.2, 0.25) is 15.9 Å². The number of carbonyl (C=O) groups is 1. The molecule has 0 aromatic heterocycles. The van der Waals surface area contributed by atoms with Crippen LogP contribution < -0.4 is 15.6 Å². The van der Waals surface area contributed by atoms with Gasteiger partial charge in [-0.05, 0) is 41.5 Å². The highest BCUT2D eigenvalue weighted by Crippen LogP contribution is 2.31. The third kappa shape index (κ3) is 4.24. The number of hydrogen-bond donors (Lipinski definition) is 2. The zero-order valence-electron chi connectivity index (χ0n) is 11.9. The van der Waals surface area contributed by atoms with Crippen molar-refractivity contribution in [2.45, 2.75) is 11.3 Å². The lowest BCUT2D eigenvalue weighted by Crippen LogP contribution is -2.18. The van der Waals surface area contributed by atoms with E-state index in [4.69, 9.17) is 10.9 Å². The first-order valence-electron chi connectivity index (χ1n) is 6.30. The molecule has 4 N–H and O–H groups in total. The van der Waals surface area contributed by atoms with Gasteiger partial charge in [0.15, 0.2) is 0 Å². The van der Waals surface area contributed by atoms with Crippen LogP contribution in [0.1, 0.15) is 10.4 Å². The minimum Gasteiger partial charge on any atom is -0.406 e. The zero-order chi connectivity index (χ0) is 18.1. The number of nitrogens with two attached hydrogens (primary N) is 2. The maximum atomic E-state index is 12.3. The number of halogens is 3. The lowest BCUT2D eigenvalue weighted by molar-refractivity contribution is -0.274. The van der Waals surface area contributed by atoms with Gasteiger partial charge in [0.05, 0.1) is 4.90 Å². The summed E-state index contributed by atoms with van der Waals surface area (Å²) in [5, 5.41) is 5.02. The monoisotopic (exact) mass is 360 g/mol. The lowest BCUT2D eigenvalue weighted by Gasteiger charge is -2.13. The predicted octanol–water partition coefficient (Wildman–Crippen LogP) is 2.00. The number of hydrogen-bond acceptors (Lipinski definition) is 4. The largest absolute Gasteiger partial charge is 0.573 e. The Hall–Kier alpha value is -2.59. The Morgan fingerprint density at radius 2 is 1.75 bits per heavy atom. The summed E-state index contributed by atoms with van der Waals surface area (Å²) in [4.78, 5) is 11.2. The van der Waals surface area contributed by atoms with Crippen LogP contribution in [0.4, 0.5) is 13.2 Å². The first kappa shape index (κ1) is 17.8. The van der Waals surface area contributed by atoms with Gasteiger partial charge in [0.25, 0.3) is 0 Å². The Morgan fingerprint density at radius 3 is 2.29 bits per heavy atom. The van der Waals surface area contributed by atoms with E-state index in [1.54, 1.807) is 0 Å². The van der Waals surface area contributed by atoms with E-state index >= 15 is 0 Å². The molecule has 2 aromatic carbocycles. The minimum atomic E-state index is -4.92. The summed E-state index contributed by atoms with van der Waals surface area (Å²) in [7, 11) is -4.03. The van der Waals surface area contributed by atoms with Crippen LogP contribution in [0.5, 0.6) is 5.75 Å². The van der Waals surface area contributed by atoms with Gasteiger partial charge in [-0.15, -0.1) is 13.2 Å². The maximum absolute atomic E-state index is 12.3. The van der Waals surface area contributed by atoms with E-state index in [0.29, 0.717) is 0 Å². The highest BCUT2D eigenvalue weighted by Gasteiger charge is 2.31. The second kappa shape index (κ2) is 6.13. The van der Waals surface area contributed by atoms with Gasteiger partial charge >= 0.3 is 6.36 Å². The van der Waals surface area contributed by atoms with Crippen molar-refractivity contribution in [3.05, 3.63) is 48.0 Å². The minimum absolute atomic E-state index is 0.0187. The number of amides is 1. The summed E-state index contributed by atoms with van der Waals surface area (Å²) < 4.78 is 63.6. The van der Waals surface area contributed by atoms with Gasteiger partial charge in [-0.25, -0.2) is 13.6 Å². The van der Waals surface area contributed by atoms with Crippen molar-refractivity contribution in [3.8, 4) is 16.9 Å². The summed E-state index contributed by atoms with van der Waals surface area (Å²) in [5.41, 5.74) is 5.23. The highest BCUT2D eigenvalue weighted by molar-refractivity contribution is 7.89. The third-order valence-corrected chi connectivity index (χ3v) is 3.87. The van der Waals surface area contributed by atoms with Gasteiger partial charge in [-0.3, -0.25) is 4.79 Å². The quantitative estimate of drug-likeness (QED) is 0.868. The van der Waals surface area contributed by atoms with Crippen molar-refractivity contribution in [1.29, 1.82) is 0 Å². The molecule has 0 spiro atoms. The van der Waals surface area contributed by atoms with Gasteiger partial charge in [0.1, 0.15) is 5.75 Å². The molecule has 2 rings (SSSR count). The van der Waals surface area contributed by atoms with E-state index < -0.39 is 28.0 Å². The summed E-state index contributed by atoms with van der Waals surface area (Å²) in [6, 6.07) is 7.98. The van der Waals surface area contributed by atoms with Crippen LogP contribution in [0.2, 0.25) is 0 Å². The molecule has 0 atom stereocenters. The molecule has 128 valence electrons. The molecule has 1 amide bonds. The number of primary sulfonamides is 1. The van der Waals surface area contributed by atoms with E-state index in [-0.39, 0.29) is 21.6 Å². The fourth-order valence-corrected chi connectivity index (χ4v) is 2.57. The second-order valence-electron chi connectivity index (χ2n) is 4.69. The van der Waals surface area contributed by atoms with Gasteiger partial charge in [-0.1, -0.05) is 12.1 Å². The zero-order valence-corrected chi connectivity index (χ0v) is 12.7. The van der Waals surface area contributed by atoms with Crippen LogP contribution in [0.25, 0.3) is 11.1 Å². The number of carbonyl (C=O) groups excluding carboxylic acids is 1. The molecule has 0 radical (unpaired) electrons. The Labute approximate surface area is 134 Å². The van der Waals surface area contributed by atoms with E-state index in [9.17, 15) is 26.4 Å². The SMILES string of the molecule is NC(=O)c1ccc(OC(F)(F)F)cc1-c1cccc(S(N)(=O)=O)c1. The Balaban J connectivity index is 2.63. The van der Waals surface area contributed by atoms with E-state index in [1.807, 2.05) is 0 Å². The summed E-state index contributed by atoms with van der Waals surface area (Å²) in [6.07, 6.45) is -4.92. The molecule has 0 unspecified atom stereocenters. The van der Waals surface area contributed by atoms with Crippen LogP contribution >= 0.6 is 0 Å². The number of benzene rings is 2. The van der Waals surface area contributed by atoms with Crippen molar-refractivity contribution in [1.82, 2.24) is 0 Å². The first-order chi connectivity index (χ1) is 11.0. The van der Waals surface area contributed by atoms with E-state index in [1.165, 1.54) is 18.2 Å². The summed E-state index contributed by atoms with van der Waals surface area (Å²) in [5.74, 6) is -1.48. The molecule has 0 fully saturated rings. The van der Waals surface area contributed by atoms with Crippen molar-refractivity contribution in [2.24, 2.45) is 10.9 Å². The standard InChI is InChI=1S/C14H11F3N2O4S/c15-14(16,17)23-9-4-5-11(13(18)20)12(7-9)8-2-1-3-10(6-8)24(19,21)22/h1-7H,(H2,18,20)(H2,19,21,22). The Morgan fingerprint density at radius 1 is 1.08 bits per heavy atom. The topological polar surface area (TPSA) is 112 Å². The van der Waals surface area contributed by atoms with Crippen molar-refractivity contribution >= 4 is 15.9 Å². The average molecular weight is 360 g/mol. The molecule has 24 heavy (non-hydrogen) atoms. The summed E-state index contributed by atoms with van der Waals surface area (Å²) >= 11 is 0. The van der Waals surface area contributed by atoms with Gasteiger partial charge in [0, 0.05) is 5.56 Å². The molecule has 0 heterocycles. The Bertz CT molecular complexity index is 895. The molecule has 0 saturated carbocycles.